The number of hydrazine groups is 1. The van der Waals surface area contributed by atoms with Gasteiger partial charge in [0.2, 0.25) is 0 Å². The van der Waals surface area contributed by atoms with Crippen molar-refractivity contribution in [1.29, 1.82) is 0 Å². The lowest BCUT2D eigenvalue weighted by molar-refractivity contribution is 0.145. The standard InChI is InChI=1S/C17H36N2/c1-4-5-6-7-8-11-16(19-18)17(14-15(2)3)12-9-10-13-17/h15-16,19H,4-14,18H2,1-3H3. The van der Waals surface area contributed by atoms with Gasteiger partial charge in [0.05, 0.1) is 0 Å². The van der Waals surface area contributed by atoms with Crippen LogP contribution in [-0.4, -0.2) is 6.04 Å². The van der Waals surface area contributed by atoms with Crippen LogP contribution in [0.3, 0.4) is 0 Å². The van der Waals surface area contributed by atoms with E-state index in [1.165, 1.54) is 70.6 Å². The van der Waals surface area contributed by atoms with E-state index in [9.17, 15) is 0 Å². The number of hydrogen-bond acceptors (Lipinski definition) is 2. The molecule has 0 heterocycles. The van der Waals surface area contributed by atoms with Crippen LogP contribution in [0, 0.1) is 11.3 Å². The summed E-state index contributed by atoms with van der Waals surface area (Å²) in [6.45, 7) is 6.99. The molecule has 3 N–H and O–H groups in total. The van der Waals surface area contributed by atoms with Gasteiger partial charge in [-0.1, -0.05) is 65.7 Å². The van der Waals surface area contributed by atoms with E-state index in [0.29, 0.717) is 11.5 Å². The van der Waals surface area contributed by atoms with E-state index >= 15 is 0 Å². The highest BCUT2D eigenvalue weighted by atomic mass is 15.2. The molecule has 0 aromatic rings. The van der Waals surface area contributed by atoms with Gasteiger partial charge in [0, 0.05) is 6.04 Å². The van der Waals surface area contributed by atoms with Crippen molar-refractivity contribution in [3.05, 3.63) is 0 Å². The predicted octanol–water partition coefficient (Wildman–Crippen LogP) is 4.79. The molecule has 0 bridgehead atoms. The first-order chi connectivity index (χ1) is 9.14. The highest BCUT2D eigenvalue weighted by molar-refractivity contribution is 4.94. The molecule has 1 saturated carbocycles. The van der Waals surface area contributed by atoms with E-state index in [4.69, 9.17) is 5.84 Å². The third kappa shape index (κ3) is 5.43. The third-order valence-electron chi connectivity index (χ3n) is 4.95. The molecular weight excluding hydrogens is 232 g/mol. The fraction of sp³-hybridized carbons (Fsp3) is 1.00. The minimum Gasteiger partial charge on any atom is -0.271 e. The minimum atomic E-state index is 0.494. The summed E-state index contributed by atoms with van der Waals surface area (Å²) in [7, 11) is 0. The normalized spacial score (nSPS) is 20.1. The van der Waals surface area contributed by atoms with Crippen LogP contribution in [0.4, 0.5) is 0 Å². The number of hydrogen-bond donors (Lipinski definition) is 2. The second-order valence-electron chi connectivity index (χ2n) is 7.09. The molecule has 1 aliphatic carbocycles. The zero-order valence-corrected chi connectivity index (χ0v) is 13.5. The van der Waals surface area contributed by atoms with E-state index in [2.05, 4.69) is 26.2 Å². The molecule has 114 valence electrons. The van der Waals surface area contributed by atoms with Gasteiger partial charge in [-0.15, -0.1) is 0 Å². The Kier molecular flexibility index (Phi) is 8.01. The van der Waals surface area contributed by atoms with Gasteiger partial charge >= 0.3 is 0 Å². The molecule has 0 aromatic carbocycles. The fourth-order valence-corrected chi connectivity index (χ4v) is 4.11. The molecular formula is C17H36N2. The number of nitrogens with one attached hydrogen (secondary N) is 1. The van der Waals surface area contributed by atoms with Crippen molar-refractivity contribution in [2.75, 3.05) is 0 Å². The molecule has 0 radical (unpaired) electrons. The van der Waals surface area contributed by atoms with Crippen LogP contribution >= 0.6 is 0 Å². The maximum atomic E-state index is 5.90. The lowest BCUT2D eigenvalue weighted by atomic mass is 9.71. The number of rotatable bonds is 10. The van der Waals surface area contributed by atoms with E-state index < -0.39 is 0 Å². The highest BCUT2D eigenvalue weighted by Crippen LogP contribution is 2.47. The van der Waals surface area contributed by atoms with E-state index in [1.807, 2.05) is 0 Å². The summed E-state index contributed by atoms with van der Waals surface area (Å²) in [5.74, 6) is 6.69. The average molecular weight is 268 g/mol. The summed E-state index contributed by atoms with van der Waals surface area (Å²) in [4.78, 5) is 0. The van der Waals surface area contributed by atoms with Crippen LogP contribution < -0.4 is 11.3 Å². The largest absolute Gasteiger partial charge is 0.271 e. The SMILES string of the molecule is CCCCCCCC(NN)C1(CC(C)C)CCCC1. The van der Waals surface area contributed by atoms with Gasteiger partial charge in [-0.25, -0.2) is 0 Å². The molecule has 1 fully saturated rings. The monoisotopic (exact) mass is 268 g/mol. The zero-order chi connectivity index (χ0) is 14.1. The van der Waals surface area contributed by atoms with E-state index in [1.54, 1.807) is 0 Å². The summed E-state index contributed by atoms with van der Waals surface area (Å²) < 4.78 is 0. The molecule has 1 unspecified atom stereocenters. The van der Waals surface area contributed by atoms with Gasteiger partial charge in [0.25, 0.3) is 0 Å². The number of unbranched alkanes of at least 4 members (excludes halogenated alkanes) is 4. The molecule has 0 saturated heterocycles. The van der Waals surface area contributed by atoms with Crippen molar-refractivity contribution >= 4 is 0 Å². The van der Waals surface area contributed by atoms with Crippen LogP contribution in [0.25, 0.3) is 0 Å². The summed E-state index contributed by atoms with van der Waals surface area (Å²) in [5.41, 5.74) is 3.67. The lowest BCUT2D eigenvalue weighted by Crippen LogP contribution is -2.48. The van der Waals surface area contributed by atoms with Crippen molar-refractivity contribution in [2.45, 2.75) is 97.4 Å². The molecule has 19 heavy (non-hydrogen) atoms. The Hall–Kier alpha value is -0.0800. The van der Waals surface area contributed by atoms with Gasteiger partial charge in [-0.3, -0.25) is 11.3 Å². The molecule has 1 rings (SSSR count). The van der Waals surface area contributed by atoms with Crippen LogP contribution in [0.1, 0.15) is 91.4 Å². The molecule has 0 aromatic heterocycles. The van der Waals surface area contributed by atoms with Crippen molar-refractivity contribution < 1.29 is 0 Å². The van der Waals surface area contributed by atoms with Crippen molar-refractivity contribution in [3.8, 4) is 0 Å². The summed E-state index contributed by atoms with van der Waals surface area (Å²) in [5, 5.41) is 0. The van der Waals surface area contributed by atoms with Crippen LogP contribution in [0.2, 0.25) is 0 Å². The predicted molar refractivity (Wildman–Crippen MR) is 84.8 cm³/mol. The minimum absolute atomic E-state index is 0.494. The fourth-order valence-electron chi connectivity index (χ4n) is 4.11. The van der Waals surface area contributed by atoms with E-state index in [0.717, 1.165) is 5.92 Å². The first kappa shape index (κ1) is 17.0. The van der Waals surface area contributed by atoms with Crippen LogP contribution in [-0.2, 0) is 0 Å². The van der Waals surface area contributed by atoms with Gasteiger partial charge in [0.1, 0.15) is 0 Å². The first-order valence-electron chi connectivity index (χ1n) is 8.60. The Morgan fingerprint density at radius 3 is 2.21 bits per heavy atom. The summed E-state index contributed by atoms with van der Waals surface area (Å²) in [6, 6.07) is 0.541. The molecule has 1 atom stereocenters. The van der Waals surface area contributed by atoms with E-state index in [-0.39, 0.29) is 0 Å². The highest BCUT2D eigenvalue weighted by Gasteiger charge is 2.40. The topological polar surface area (TPSA) is 38.0 Å². The van der Waals surface area contributed by atoms with Crippen molar-refractivity contribution in [1.82, 2.24) is 5.43 Å². The van der Waals surface area contributed by atoms with Gasteiger partial charge in [0.15, 0.2) is 0 Å². The number of nitrogens with two attached hydrogens (primary N) is 1. The lowest BCUT2D eigenvalue weighted by Gasteiger charge is -2.39. The Morgan fingerprint density at radius 1 is 1.05 bits per heavy atom. The molecule has 1 aliphatic rings. The Bertz CT molecular complexity index is 219. The Balaban J connectivity index is 2.44. The molecule has 0 spiro atoms. The van der Waals surface area contributed by atoms with Gasteiger partial charge in [-0.05, 0) is 37.0 Å². The summed E-state index contributed by atoms with van der Waals surface area (Å²) in [6.07, 6.45) is 15.0. The molecule has 2 nitrogen and oxygen atoms in total. The third-order valence-corrected chi connectivity index (χ3v) is 4.95. The molecule has 0 aliphatic heterocycles. The summed E-state index contributed by atoms with van der Waals surface area (Å²) >= 11 is 0. The Morgan fingerprint density at radius 2 is 1.68 bits per heavy atom. The maximum Gasteiger partial charge on any atom is 0.0267 e. The second-order valence-corrected chi connectivity index (χ2v) is 7.09. The molecule has 0 amide bonds. The quantitative estimate of drug-likeness (QED) is 0.340. The average Bonchev–Trinajstić information content (AvgIpc) is 2.82. The first-order valence-corrected chi connectivity index (χ1v) is 8.60. The van der Waals surface area contributed by atoms with Crippen LogP contribution in [0.5, 0.6) is 0 Å². The van der Waals surface area contributed by atoms with Crippen molar-refractivity contribution in [2.24, 2.45) is 17.2 Å². The van der Waals surface area contributed by atoms with Gasteiger partial charge in [-0.2, -0.15) is 0 Å². The molecule has 2 heteroatoms. The zero-order valence-electron chi connectivity index (χ0n) is 13.5. The maximum absolute atomic E-state index is 5.90. The smallest absolute Gasteiger partial charge is 0.0267 e. The van der Waals surface area contributed by atoms with Gasteiger partial charge < -0.3 is 0 Å². The Labute approximate surface area is 120 Å². The van der Waals surface area contributed by atoms with Crippen molar-refractivity contribution in [3.63, 3.8) is 0 Å². The van der Waals surface area contributed by atoms with Crippen LogP contribution in [0.15, 0.2) is 0 Å². The second kappa shape index (κ2) is 8.97.